The molecule has 0 radical (unpaired) electrons. The van der Waals surface area contributed by atoms with E-state index in [0.717, 1.165) is 21.4 Å². The van der Waals surface area contributed by atoms with Gasteiger partial charge in [0.15, 0.2) is 0 Å². The Morgan fingerprint density at radius 3 is 2.80 bits per heavy atom. The molecular weight excluding hydrogens is 384 g/mol. The smallest absolute Gasteiger partial charge is 0.324 e. The van der Waals surface area contributed by atoms with Gasteiger partial charge in [0, 0.05) is 23.6 Å². The molecule has 2 heterocycles. The number of aromatic nitrogens is 1. The van der Waals surface area contributed by atoms with Crippen LogP contribution in [-0.4, -0.2) is 47.4 Å². The molecule has 4 amide bonds. The van der Waals surface area contributed by atoms with Gasteiger partial charge in [-0.2, -0.15) is 0 Å². The van der Waals surface area contributed by atoms with Crippen LogP contribution in [0.1, 0.15) is 12.0 Å². The normalized spacial score (nSPS) is 16.0. The van der Waals surface area contributed by atoms with Crippen LogP contribution >= 0.6 is 0 Å². The lowest BCUT2D eigenvalue weighted by Gasteiger charge is -2.14. The molecule has 8 nitrogen and oxygen atoms in total. The zero-order valence-corrected chi connectivity index (χ0v) is 16.5. The van der Waals surface area contributed by atoms with Crippen LogP contribution in [0.5, 0.6) is 5.75 Å². The van der Waals surface area contributed by atoms with Crippen molar-refractivity contribution in [2.45, 2.75) is 18.9 Å². The number of methoxy groups -OCH3 is 1. The zero-order valence-electron chi connectivity index (χ0n) is 16.5. The summed E-state index contributed by atoms with van der Waals surface area (Å²) in [6, 6.07) is 13.5. The molecule has 154 valence electrons. The van der Waals surface area contributed by atoms with Gasteiger partial charge in [0.25, 0.3) is 5.91 Å². The molecule has 2 aromatic carbocycles. The van der Waals surface area contributed by atoms with Gasteiger partial charge in [0.2, 0.25) is 5.91 Å². The zero-order chi connectivity index (χ0) is 21.1. The number of benzene rings is 2. The SMILES string of the molecule is COc1ccccc1CCN1C(=O)N[C@H](CC(=O)Nc2cccc3[nH]ccc23)C1=O. The van der Waals surface area contributed by atoms with Crippen LogP contribution in [-0.2, 0) is 16.0 Å². The molecule has 3 aromatic rings. The Balaban J connectivity index is 1.37. The minimum atomic E-state index is -0.874. The first kappa shape index (κ1) is 19.5. The number of aromatic amines is 1. The summed E-state index contributed by atoms with van der Waals surface area (Å²) in [6.07, 6.45) is 2.13. The summed E-state index contributed by atoms with van der Waals surface area (Å²) in [5.41, 5.74) is 2.46. The van der Waals surface area contributed by atoms with E-state index in [2.05, 4.69) is 15.6 Å². The minimum Gasteiger partial charge on any atom is -0.496 e. The van der Waals surface area contributed by atoms with E-state index in [9.17, 15) is 14.4 Å². The van der Waals surface area contributed by atoms with E-state index in [0.29, 0.717) is 17.9 Å². The summed E-state index contributed by atoms with van der Waals surface area (Å²) in [5, 5.41) is 6.31. The monoisotopic (exact) mass is 406 g/mol. The number of ether oxygens (including phenoxy) is 1. The van der Waals surface area contributed by atoms with Crippen molar-refractivity contribution >= 4 is 34.4 Å². The van der Waals surface area contributed by atoms with Gasteiger partial charge < -0.3 is 20.4 Å². The Bertz CT molecular complexity index is 1110. The number of nitrogens with one attached hydrogen (secondary N) is 3. The number of para-hydroxylation sites is 1. The average molecular weight is 406 g/mol. The molecular formula is C22H22N4O4. The molecule has 3 N–H and O–H groups in total. The highest BCUT2D eigenvalue weighted by molar-refractivity contribution is 6.08. The fourth-order valence-electron chi connectivity index (χ4n) is 3.65. The number of carbonyl (C=O) groups is 3. The third-order valence-corrected chi connectivity index (χ3v) is 5.16. The van der Waals surface area contributed by atoms with Crippen LogP contribution < -0.4 is 15.4 Å². The number of hydrogen-bond donors (Lipinski definition) is 3. The van der Waals surface area contributed by atoms with Crippen LogP contribution in [0.2, 0.25) is 0 Å². The first-order valence-electron chi connectivity index (χ1n) is 9.66. The van der Waals surface area contributed by atoms with Gasteiger partial charge >= 0.3 is 6.03 Å². The number of amides is 4. The van der Waals surface area contributed by atoms with Crippen molar-refractivity contribution in [3.63, 3.8) is 0 Å². The number of hydrogen-bond acceptors (Lipinski definition) is 4. The molecule has 1 aliphatic heterocycles. The highest BCUT2D eigenvalue weighted by Gasteiger charge is 2.38. The highest BCUT2D eigenvalue weighted by atomic mass is 16.5. The molecule has 0 unspecified atom stereocenters. The van der Waals surface area contributed by atoms with E-state index in [-0.39, 0.29) is 18.9 Å². The predicted molar refractivity (Wildman–Crippen MR) is 112 cm³/mol. The summed E-state index contributed by atoms with van der Waals surface area (Å²) in [7, 11) is 1.58. The molecule has 1 saturated heterocycles. The fraction of sp³-hybridized carbons (Fsp3) is 0.227. The second-order valence-corrected chi connectivity index (χ2v) is 7.05. The number of fused-ring (bicyclic) bond motifs is 1. The van der Waals surface area contributed by atoms with Crippen molar-refractivity contribution in [3.05, 3.63) is 60.3 Å². The first-order valence-corrected chi connectivity index (χ1v) is 9.66. The third-order valence-electron chi connectivity index (χ3n) is 5.16. The topological polar surface area (TPSA) is 104 Å². The lowest BCUT2D eigenvalue weighted by Crippen LogP contribution is -2.35. The molecule has 0 saturated carbocycles. The van der Waals surface area contributed by atoms with Crippen molar-refractivity contribution < 1.29 is 19.1 Å². The van der Waals surface area contributed by atoms with E-state index < -0.39 is 18.0 Å². The van der Waals surface area contributed by atoms with E-state index in [1.54, 1.807) is 19.4 Å². The molecule has 1 fully saturated rings. The summed E-state index contributed by atoms with van der Waals surface area (Å²) >= 11 is 0. The Labute approximate surface area is 173 Å². The summed E-state index contributed by atoms with van der Waals surface area (Å²) in [5.74, 6) is -0.0294. The maximum Gasteiger partial charge on any atom is 0.324 e. The number of rotatable bonds is 7. The Morgan fingerprint density at radius 2 is 1.97 bits per heavy atom. The lowest BCUT2D eigenvalue weighted by atomic mass is 10.1. The Hall–Kier alpha value is -3.81. The molecule has 1 atom stereocenters. The second-order valence-electron chi connectivity index (χ2n) is 7.05. The van der Waals surface area contributed by atoms with E-state index in [1.807, 2.05) is 42.5 Å². The van der Waals surface area contributed by atoms with Gasteiger partial charge in [0.1, 0.15) is 11.8 Å². The number of imide groups is 1. The van der Waals surface area contributed by atoms with Crippen molar-refractivity contribution in [3.8, 4) is 5.75 Å². The fourth-order valence-corrected chi connectivity index (χ4v) is 3.65. The molecule has 0 bridgehead atoms. The lowest BCUT2D eigenvalue weighted by molar-refractivity contribution is -0.129. The van der Waals surface area contributed by atoms with Crippen molar-refractivity contribution in [2.75, 3.05) is 19.0 Å². The molecule has 1 aromatic heterocycles. The summed E-state index contributed by atoms with van der Waals surface area (Å²) in [4.78, 5) is 41.7. The minimum absolute atomic E-state index is 0.128. The molecule has 30 heavy (non-hydrogen) atoms. The average Bonchev–Trinajstić information content (AvgIpc) is 3.32. The summed E-state index contributed by atoms with van der Waals surface area (Å²) in [6.45, 7) is 0.214. The molecule has 4 rings (SSSR count). The maximum absolute atomic E-state index is 12.7. The molecule has 8 heteroatoms. The van der Waals surface area contributed by atoms with Crippen molar-refractivity contribution in [2.24, 2.45) is 0 Å². The highest BCUT2D eigenvalue weighted by Crippen LogP contribution is 2.23. The predicted octanol–water partition coefficient (Wildman–Crippen LogP) is 2.67. The van der Waals surface area contributed by atoms with Gasteiger partial charge in [0.05, 0.1) is 19.2 Å². The maximum atomic E-state index is 12.7. The number of anilines is 1. The first-order chi connectivity index (χ1) is 14.6. The van der Waals surface area contributed by atoms with Crippen LogP contribution in [0, 0.1) is 0 Å². The number of nitrogens with zero attached hydrogens (tertiary/aromatic N) is 1. The second kappa shape index (κ2) is 8.28. The van der Waals surface area contributed by atoms with Crippen LogP contribution in [0.3, 0.4) is 0 Å². The largest absolute Gasteiger partial charge is 0.496 e. The van der Waals surface area contributed by atoms with E-state index in [1.165, 1.54) is 0 Å². The van der Waals surface area contributed by atoms with Crippen LogP contribution in [0.25, 0.3) is 10.9 Å². The van der Waals surface area contributed by atoms with Crippen molar-refractivity contribution in [1.82, 2.24) is 15.2 Å². The molecule has 0 aliphatic carbocycles. The van der Waals surface area contributed by atoms with Crippen molar-refractivity contribution in [1.29, 1.82) is 0 Å². The van der Waals surface area contributed by atoms with Gasteiger partial charge in [-0.3, -0.25) is 14.5 Å². The Morgan fingerprint density at radius 1 is 1.13 bits per heavy atom. The van der Waals surface area contributed by atoms with Gasteiger partial charge in [-0.1, -0.05) is 24.3 Å². The number of H-pyrrole nitrogens is 1. The number of urea groups is 1. The van der Waals surface area contributed by atoms with Crippen LogP contribution in [0.15, 0.2) is 54.7 Å². The van der Waals surface area contributed by atoms with E-state index in [4.69, 9.17) is 4.74 Å². The van der Waals surface area contributed by atoms with Gasteiger partial charge in [-0.25, -0.2) is 4.79 Å². The third kappa shape index (κ3) is 3.84. The standard InChI is InChI=1S/C22H22N4O4/c1-30-19-8-3-2-5-14(19)10-12-26-21(28)18(25-22(26)29)13-20(27)24-17-7-4-6-16-15(17)9-11-23-16/h2-9,11,18,23H,10,12-13H2,1H3,(H,24,27)(H,25,29)/t18-/m1/s1. The molecule has 1 aliphatic rings. The molecule has 0 spiro atoms. The van der Waals surface area contributed by atoms with Gasteiger partial charge in [-0.15, -0.1) is 0 Å². The van der Waals surface area contributed by atoms with E-state index >= 15 is 0 Å². The van der Waals surface area contributed by atoms with Crippen LogP contribution in [0.4, 0.5) is 10.5 Å². The number of carbonyl (C=O) groups excluding carboxylic acids is 3. The quantitative estimate of drug-likeness (QED) is 0.525. The Kier molecular flexibility index (Phi) is 5.38. The summed E-state index contributed by atoms with van der Waals surface area (Å²) < 4.78 is 5.31. The van der Waals surface area contributed by atoms with Gasteiger partial charge in [-0.05, 0) is 36.2 Å².